The minimum atomic E-state index is -0.472. The lowest BCUT2D eigenvalue weighted by Gasteiger charge is -2.26. The van der Waals surface area contributed by atoms with E-state index in [2.05, 4.69) is 9.64 Å². The van der Waals surface area contributed by atoms with Gasteiger partial charge in [0.05, 0.1) is 17.6 Å². The Morgan fingerprint density at radius 3 is 2.65 bits per heavy atom. The van der Waals surface area contributed by atoms with E-state index in [1.165, 1.54) is 25.7 Å². The van der Waals surface area contributed by atoms with Gasteiger partial charge in [0, 0.05) is 18.2 Å². The highest BCUT2D eigenvalue weighted by Gasteiger charge is 2.20. The molecule has 1 heterocycles. The zero-order valence-electron chi connectivity index (χ0n) is 11.5. The van der Waals surface area contributed by atoms with Crippen LogP contribution in [0, 0.1) is 10.1 Å². The summed E-state index contributed by atoms with van der Waals surface area (Å²) in [5, 5.41) is 11.1. The number of benzene rings is 1. The molecule has 1 aromatic rings. The average Bonchev–Trinajstić information content (AvgIpc) is 2.47. The lowest BCUT2D eigenvalue weighted by molar-refractivity contribution is -0.385. The number of carbonyl (C=O) groups excluding carboxylic acids is 1. The highest BCUT2D eigenvalue weighted by Crippen LogP contribution is 2.23. The molecule has 6 heteroatoms. The molecule has 2 rings (SSSR count). The van der Waals surface area contributed by atoms with Gasteiger partial charge in [-0.2, -0.15) is 0 Å². The van der Waals surface area contributed by atoms with Crippen LogP contribution in [0.4, 0.5) is 5.69 Å². The second-order valence-electron chi connectivity index (χ2n) is 4.93. The first kappa shape index (κ1) is 14.5. The molecule has 0 bridgehead atoms. The van der Waals surface area contributed by atoms with Crippen molar-refractivity contribution < 1.29 is 14.5 Å². The molecule has 108 valence electrons. The van der Waals surface area contributed by atoms with Crippen LogP contribution < -0.4 is 0 Å². The Balaban J connectivity index is 2.26. The van der Waals surface area contributed by atoms with E-state index in [1.807, 2.05) is 0 Å². The van der Waals surface area contributed by atoms with Crippen molar-refractivity contribution in [2.45, 2.75) is 25.8 Å². The topological polar surface area (TPSA) is 72.7 Å². The Labute approximate surface area is 117 Å². The predicted octanol–water partition coefficient (Wildman–Crippen LogP) is 2.37. The fourth-order valence-corrected chi connectivity index (χ4v) is 2.49. The third kappa shape index (κ3) is 3.33. The molecule has 20 heavy (non-hydrogen) atoms. The first-order valence-electron chi connectivity index (χ1n) is 6.70. The Morgan fingerprint density at radius 2 is 2.05 bits per heavy atom. The summed E-state index contributed by atoms with van der Waals surface area (Å²) in [6.07, 6.45) is 3.44. The Bertz CT molecular complexity index is 510. The van der Waals surface area contributed by atoms with Gasteiger partial charge >= 0.3 is 5.97 Å². The van der Waals surface area contributed by atoms with Gasteiger partial charge in [-0.1, -0.05) is 6.42 Å². The van der Waals surface area contributed by atoms with Gasteiger partial charge in [0.2, 0.25) is 0 Å². The second kappa shape index (κ2) is 6.47. The summed E-state index contributed by atoms with van der Waals surface area (Å²) in [4.78, 5) is 24.4. The number of carbonyl (C=O) groups is 1. The van der Waals surface area contributed by atoms with Gasteiger partial charge in [0.1, 0.15) is 0 Å². The van der Waals surface area contributed by atoms with Crippen LogP contribution in [-0.2, 0) is 11.3 Å². The van der Waals surface area contributed by atoms with Gasteiger partial charge in [-0.25, -0.2) is 4.79 Å². The molecule has 0 unspecified atom stereocenters. The van der Waals surface area contributed by atoms with Crippen LogP contribution in [0.1, 0.15) is 35.2 Å². The van der Waals surface area contributed by atoms with Gasteiger partial charge in [-0.15, -0.1) is 0 Å². The molecule has 1 fully saturated rings. The summed E-state index contributed by atoms with van der Waals surface area (Å²) >= 11 is 0. The van der Waals surface area contributed by atoms with Gasteiger partial charge < -0.3 is 4.74 Å². The molecule has 0 atom stereocenters. The summed E-state index contributed by atoms with van der Waals surface area (Å²) in [6, 6.07) is 4.38. The average molecular weight is 278 g/mol. The standard InChI is InChI=1S/C14H18N2O4/c1-20-14(17)11-5-6-13(16(18)19)12(9-11)10-15-7-3-2-4-8-15/h5-6,9H,2-4,7-8,10H2,1H3. The number of methoxy groups -OCH3 is 1. The molecular weight excluding hydrogens is 260 g/mol. The molecule has 6 nitrogen and oxygen atoms in total. The first-order chi connectivity index (χ1) is 9.61. The van der Waals surface area contributed by atoms with E-state index in [0.717, 1.165) is 25.9 Å². The fourth-order valence-electron chi connectivity index (χ4n) is 2.49. The molecule has 1 aliphatic rings. The van der Waals surface area contributed by atoms with Gasteiger partial charge in [-0.3, -0.25) is 15.0 Å². The van der Waals surface area contributed by atoms with Crippen LogP contribution in [0.5, 0.6) is 0 Å². The molecule has 1 aromatic carbocycles. The number of hydrogen-bond acceptors (Lipinski definition) is 5. The van der Waals surface area contributed by atoms with Crippen molar-refractivity contribution in [2.75, 3.05) is 20.2 Å². The number of hydrogen-bond donors (Lipinski definition) is 0. The van der Waals surface area contributed by atoms with Crippen LogP contribution in [0.3, 0.4) is 0 Å². The van der Waals surface area contributed by atoms with Gasteiger partial charge in [0.25, 0.3) is 5.69 Å². The Hall–Kier alpha value is -1.95. The summed E-state index contributed by atoms with van der Waals surface area (Å²) in [5.41, 5.74) is 0.980. The van der Waals surface area contributed by atoms with E-state index < -0.39 is 10.9 Å². The number of nitro benzene ring substituents is 1. The van der Waals surface area contributed by atoms with Crippen molar-refractivity contribution in [1.82, 2.24) is 4.90 Å². The Morgan fingerprint density at radius 1 is 1.35 bits per heavy atom. The number of likely N-dealkylation sites (tertiary alicyclic amines) is 1. The fraction of sp³-hybridized carbons (Fsp3) is 0.500. The Kier molecular flexibility index (Phi) is 4.68. The maximum atomic E-state index is 11.5. The largest absolute Gasteiger partial charge is 0.465 e. The van der Waals surface area contributed by atoms with E-state index in [-0.39, 0.29) is 5.69 Å². The molecule has 0 radical (unpaired) electrons. The van der Waals surface area contributed by atoms with Crippen LogP contribution >= 0.6 is 0 Å². The summed E-state index contributed by atoms with van der Waals surface area (Å²) in [5.74, 6) is -0.472. The highest BCUT2D eigenvalue weighted by atomic mass is 16.6. The minimum Gasteiger partial charge on any atom is -0.465 e. The van der Waals surface area contributed by atoms with E-state index in [4.69, 9.17) is 0 Å². The number of ether oxygens (including phenoxy) is 1. The van der Waals surface area contributed by atoms with Gasteiger partial charge in [0.15, 0.2) is 0 Å². The molecule has 0 amide bonds. The number of nitro groups is 1. The van der Waals surface area contributed by atoms with Crippen molar-refractivity contribution in [3.63, 3.8) is 0 Å². The lowest BCUT2D eigenvalue weighted by atomic mass is 10.1. The third-order valence-corrected chi connectivity index (χ3v) is 3.54. The van der Waals surface area contributed by atoms with E-state index in [1.54, 1.807) is 6.07 Å². The number of esters is 1. The van der Waals surface area contributed by atoms with Crippen molar-refractivity contribution in [2.24, 2.45) is 0 Å². The SMILES string of the molecule is COC(=O)c1ccc([N+](=O)[O-])c(CN2CCCCC2)c1. The van der Waals surface area contributed by atoms with E-state index in [9.17, 15) is 14.9 Å². The van der Waals surface area contributed by atoms with Crippen molar-refractivity contribution >= 4 is 11.7 Å². The maximum absolute atomic E-state index is 11.5. The summed E-state index contributed by atoms with van der Waals surface area (Å²) < 4.78 is 4.66. The van der Waals surface area contributed by atoms with Crippen LogP contribution in [-0.4, -0.2) is 36.0 Å². The maximum Gasteiger partial charge on any atom is 0.337 e. The number of nitrogens with zero attached hydrogens (tertiary/aromatic N) is 2. The molecule has 1 aliphatic heterocycles. The van der Waals surface area contributed by atoms with E-state index in [0.29, 0.717) is 17.7 Å². The molecule has 0 saturated carbocycles. The zero-order chi connectivity index (χ0) is 14.5. The lowest BCUT2D eigenvalue weighted by Crippen LogP contribution is -2.29. The smallest absolute Gasteiger partial charge is 0.337 e. The molecule has 1 saturated heterocycles. The molecule has 0 N–H and O–H groups in total. The zero-order valence-corrected chi connectivity index (χ0v) is 11.5. The summed E-state index contributed by atoms with van der Waals surface area (Å²) in [7, 11) is 1.30. The second-order valence-corrected chi connectivity index (χ2v) is 4.93. The van der Waals surface area contributed by atoms with Gasteiger partial charge in [-0.05, 0) is 38.1 Å². The first-order valence-corrected chi connectivity index (χ1v) is 6.70. The number of piperidine rings is 1. The van der Waals surface area contributed by atoms with Crippen molar-refractivity contribution in [1.29, 1.82) is 0 Å². The van der Waals surface area contributed by atoms with Crippen LogP contribution in [0.2, 0.25) is 0 Å². The normalized spacial score (nSPS) is 15.8. The van der Waals surface area contributed by atoms with Crippen molar-refractivity contribution in [3.8, 4) is 0 Å². The molecule has 0 aliphatic carbocycles. The highest BCUT2D eigenvalue weighted by molar-refractivity contribution is 5.89. The summed E-state index contributed by atoms with van der Waals surface area (Å²) in [6.45, 7) is 2.39. The monoisotopic (exact) mass is 278 g/mol. The van der Waals surface area contributed by atoms with E-state index >= 15 is 0 Å². The predicted molar refractivity (Wildman–Crippen MR) is 73.6 cm³/mol. The van der Waals surface area contributed by atoms with Crippen LogP contribution in [0.25, 0.3) is 0 Å². The molecule has 0 aromatic heterocycles. The van der Waals surface area contributed by atoms with Crippen molar-refractivity contribution in [3.05, 3.63) is 39.4 Å². The minimum absolute atomic E-state index is 0.0585. The van der Waals surface area contributed by atoms with Crippen LogP contribution in [0.15, 0.2) is 18.2 Å². The number of rotatable bonds is 4. The third-order valence-electron chi connectivity index (χ3n) is 3.54. The molecule has 0 spiro atoms. The quantitative estimate of drug-likeness (QED) is 0.480. The molecular formula is C14H18N2O4.